The molecule has 2 aromatic carbocycles. The van der Waals surface area contributed by atoms with Gasteiger partial charge >= 0.3 is 0 Å². The first kappa shape index (κ1) is 24.3. The molecule has 0 aliphatic carbocycles. The van der Waals surface area contributed by atoms with Crippen molar-refractivity contribution in [1.29, 1.82) is 0 Å². The molecule has 180 valence electrons. The molecule has 0 saturated carbocycles. The maximum atomic E-state index is 11.2. The van der Waals surface area contributed by atoms with Crippen molar-refractivity contribution in [3.8, 4) is 28.5 Å². The molecule has 2 heterocycles. The molecule has 8 nitrogen and oxygen atoms in total. The summed E-state index contributed by atoms with van der Waals surface area (Å²) in [6, 6.07) is 8.64. The van der Waals surface area contributed by atoms with E-state index in [1.807, 2.05) is 17.5 Å². The van der Waals surface area contributed by atoms with E-state index in [4.69, 9.17) is 30.8 Å². The van der Waals surface area contributed by atoms with Crippen molar-refractivity contribution in [3.05, 3.63) is 61.4 Å². The zero-order chi connectivity index (χ0) is 24.2. The predicted octanol–water partition coefficient (Wildman–Crippen LogP) is 5.78. The van der Waals surface area contributed by atoms with Crippen molar-refractivity contribution in [2.24, 2.45) is 0 Å². The van der Waals surface area contributed by atoms with Crippen LogP contribution in [-0.2, 0) is 6.54 Å². The SMILES string of the molecule is COc1cc(OC)c(OC)cc1CN1CCC(c2nc(-c3ccc(Cl)c([N+](=O)[O-])c3)cs2)CC1. The Morgan fingerprint density at radius 1 is 1.09 bits per heavy atom. The number of ether oxygens (including phenoxy) is 3. The molecule has 0 amide bonds. The Morgan fingerprint density at radius 2 is 1.76 bits per heavy atom. The van der Waals surface area contributed by atoms with Crippen LogP contribution in [0.2, 0.25) is 5.02 Å². The van der Waals surface area contributed by atoms with Crippen LogP contribution in [0.5, 0.6) is 17.2 Å². The first-order chi connectivity index (χ1) is 16.4. The van der Waals surface area contributed by atoms with Gasteiger partial charge in [0, 0.05) is 41.1 Å². The van der Waals surface area contributed by atoms with Gasteiger partial charge in [0.1, 0.15) is 10.8 Å². The number of nitro benzene ring substituents is 1. The normalized spacial score (nSPS) is 14.7. The summed E-state index contributed by atoms with van der Waals surface area (Å²) < 4.78 is 16.4. The third-order valence-corrected chi connectivity index (χ3v) is 7.40. The number of rotatable bonds is 8. The summed E-state index contributed by atoms with van der Waals surface area (Å²) in [6.07, 6.45) is 1.98. The molecule has 0 atom stereocenters. The van der Waals surface area contributed by atoms with E-state index in [9.17, 15) is 10.1 Å². The van der Waals surface area contributed by atoms with Gasteiger partial charge in [-0.25, -0.2) is 4.98 Å². The number of methoxy groups -OCH3 is 3. The van der Waals surface area contributed by atoms with Gasteiger partial charge in [-0.3, -0.25) is 15.0 Å². The minimum atomic E-state index is -0.470. The Bertz CT molecular complexity index is 1180. The Kier molecular flexibility index (Phi) is 7.55. The van der Waals surface area contributed by atoms with E-state index >= 15 is 0 Å². The lowest BCUT2D eigenvalue weighted by Gasteiger charge is -2.31. The summed E-state index contributed by atoms with van der Waals surface area (Å²) in [6.45, 7) is 2.63. The molecule has 1 fully saturated rings. The van der Waals surface area contributed by atoms with E-state index in [-0.39, 0.29) is 10.7 Å². The average molecular weight is 504 g/mol. The van der Waals surface area contributed by atoms with Crippen LogP contribution >= 0.6 is 22.9 Å². The van der Waals surface area contributed by atoms with Crippen LogP contribution in [0.1, 0.15) is 29.3 Å². The number of thiazole rings is 1. The summed E-state index contributed by atoms with van der Waals surface area (Å²) in [7, 11) is 4.90. The fraction of sp³-hybridized carbons (Fsp3) is 0.375. The molecule has 0 spiro atoms. The van der Waals surface area contributed by atoms with E-state index in [0.29, 0.717) is 23.0 Å². The van der Waals surface area contributed by atoms with Gasteiger partial charge in [0.2, 0.25) is 0 Å². The van der Waals surface area contributed by atoms with Gasteiger partial charge in [0.15, 0.2) is 11.5 Å². The van der Waals surface area contributed by atoms with Crippen molar-refractivity contribution >= 4 is 28.6 Å². The van der Waals surface area contributed by atoms with Gasteiger partial charge in [0.05, 0.1) is 37.0 Å². The van der Waals surface area contributed by atoms with E-state index in [2.05, 4.69) is 4.90 Å². The maximum absolute atomic E-state index is 11.2. The fourth-order valence-electron chi connectivity index (χ4n) is 4.21. The number of aromatic nitrogens is 1. The summed E-state index contributed by atoms with van der Waals surface area (Å²) >= 11 is 7.55. The molecule has 4 rings (SSSR count). The summed E-state index contributed by atoms with van der Waals surface area (Å²) in [5.41, 5.74) is 2.40. The Balaban J connectivity index is 1.42. The minimum absolute atomic E-state index is 0.104. The lowest BCUT2D eigenvalue weighted by Crippen LogP contribution is -2.32. The van der Waals surface area contributed by atoms with Crippen LogP contribution in [0.25, 0.3) is 11.3 Å². The van der Waals surface area contributed by atoms with Crippen LogP contribution < -0.4 is 14.2 Å². The second-order valence-electron chi connectivity index (χ2n) is 8.06. The quantitative estimate of drug-likeness (QED) is 0.284. The lowest BCUT2D eigenvalue weighted by atomic mass is 9.97. The highest BCUT2D eigenvalue weighted by Crippen LogP contribution is 2.38. The standard InChI is InChI=1S/C24H26ClN3O5S/c1-31-21-12-23(33-3)22(32-2)11-17(21)13-27-8-6-15(7-9-27)24-26-19(14-34-24)16-4-5-18(25)20(10-16)28(29)30/h4-5,10-12,14-15H,6-9,13H2,1-3H3. The second-order valence-corrected chi connectivity index (χ2v) is 9.36. The first-order valence-corrected chi connectivity index (χ1v) is 12.1. The zero-order valence-electron chi connectivity index (χ0n) is 19.2. The smallest absolute Gasteiger partial charge is 0.288 e. The molecule has 0 radical (unpaired) electrons. The zero-order valence-corrected chi connectivity index (χ0v) is 20.8. The highest BCUT2D eigenvalue weighted by atomic mass is 35.5. The number of hydrogen-bond acceptors (Lipinski definition) is 8. The molecule has 0 N–H and O–H groups in total. The summed E-state index contributed by atoms with van der Waals surface area (Å²) in [4.78, 5) is 17.9. The topological polar surface area (TPSA) is 87.0 Å². The molecule has 1 aliphatic rings. The molecule has 10 heteroatoms. The molecule has 1 aliphatic heterocycles. The predicted molar refractivity (Wildman–Crippen MR) is 133 cm³/mol. The molecule has 1 saturated heterocycles. The molecular formula is C24H26ClN3O5S. The molecule has 0 bridgehead atoms. The van der Waals surface area contributed by atoms with Crippen molar-refractivity contribution in [3.63, 3.8) is 0 Å². The summed E-state index contributed by atoms with van der Waals surface area (Å²) in [5.74, 6) is 2.48. The number of benzene rings is 2. The van der Waals surface area contributed by atoms with E-state index in [0.717, 1.165) is 54.5 Å². The van der Waals surface area contributed by atoms with Crippen molar-refractivity contribution in [2.75, 3.05) is 34.4 Å². The Morgan fingerprint density at radius 3 is 2.41 bits per heavy atom. The minimum Gasteiger partial charge on any atom is -0.496 e. The Hall–Kier alpha value is -2.88. The number of nitro groups is 1. The third-order valence-electron chi connectivity index (χ3n) is 6.08. The first-order valence-electron chi connectivity index (χ1n) is 10.8. The van der Waals surface area contributed by atoms with Crippen LogP contribution in [-0.4, -0.2) is 49.2 Å². The van der Waals surface area contributed by atoms with E-state index in [1.165, 1.54) is 6.07 Å². The molecule has 3 aromatic rings. The van der Waals surface area contributed by atoms with E-state index < -0.39 is 4.92 Å². The van der Waals surface area contributed by atoms with Gasteiger partial charge in [0.25, 0.3) is 5.69 Å². The molecule has 34 heavy (non-hydrogen) atoms. The average Bonchev–Trinajstić information content (AvgIpc) is 3.34. The molecular weight excluding hydrogens is 478 g/mol. The largest absolute Gasteiger partial charge is 0.496 e. The number of nitrogens with zero attached hydrogens (tertiary/aromatic N) is 3. The van der Waals surface area contributed by atoms with Gasteiger partial charge < -0.3 is 14.2 Å². The summed E-state index contributed by atoms with van der Waals surface area (Å²) in [5, 5.41) is 14.4. The molecule has 1 aromatic heterocycles. The van der Waals surface area contributed by atoms with Crippen LogP contribution in [0.15, 0.2) is 35.7 Å². The fourth-order valence-corrected chi connectivity index (χ4v) is 5.40. The monoisotopic (exact) mass is 503 g/mol. The van der Waals surface area contributed by atoms with Crippen LogP contribution in [0.3, 0.4) is 0 Å². The van der Waals surface area contributed by atoms with Crippen molar-refractivity contribution < 1.29 is 19.1 Å². The maximum Gasteiger partial charge on any atom is 0.288 e. The van der Waals surface area contributed by atoms with Crippen molar-refractivity contribution in [1.82, 2.24) is 9.88 Å². The van der Waals surface area contributed by atoms with Crippen LogP contribution in [0.4, 0.5) is 5.69 Å². The van der Waals surface area contributed by atoms with Gasteiger partial charge in [-0.15, -0.1) is 11.3 Å². The number of halogens is 1. The number of piperidine rings is 1. The van der Waals surface area contributed by atoms with Gasteiger partial charge in [-0.2, -0.15) is 0 Å². The van der Waals surface area contributed by atoms with Crippen molar-refractivity contribution in [2.45, 2.75) is 25.3 Å². The molecule has 0 unspecified atom stereocenters. The number of hydrogen-bond donors (Lipinski definition) is 0. The third kappa shape index (κ3) is 5.11. The Labute approximate surface area is 207 Å². The van der Waals surface area contributed by atoms with Crippen LogP contribution in [0, 0.1) is 10.1 Å². The van der Waals surface area contributed by atoms with Gasteiger partial charge in [-0.1, -0.05) is 17.7 Å². The van der Waals surface area contributed by atoms with Gasteiger partial charge in [-0.05, 0) is 38.1 Å². The highest BCUT2D eigenvalue weighted by Gasteiger charge is 2.25. The lowest BCUT2D eigenvalue weighted by molar-refractivity contribution is -0.384. The highest BCUT2D eigenvalue weighted by molar-refractivity contribution is 7.10. The van der Waals surface area contributed by atoms with E-state index in [1.54, 1.807) is 44.8 Å². The number of likely N-dealkylation sites (tertiary alicyclic amines) is 1. The second kappa shape index (κ2) is 10.6.